The maximum atomic E-state index is 9.28. The Morgan fingerprint density at radius 3 is 2.56 bits per heavy atom. The Hall–Kier alpha value is -2.72. The zero-order chi connectivity index (χ0) is 22.9. The van der Waals surface area contributed by atoms with Crippen molar-refractivity contribution in [3.05, 3.63) is 91.4 Å². The normalized spacial score (nSPS) is 10.7. The van der Waals surface area contributed by atoms with Gasteiger partial charge in [0.2, 0.25) is 0 Å². The van der Waals surface area contributed by atoms with E-state index in [2.05, 4.69) is 32.5 Å². The van der Waals surface area contributed by atoms with Crippen LogP contribution in [-0.2, 0) is 13.2 Å². The Morgan fingerprint density at radius 2 is 1.84 bits per heavy atom. The van der Waals surface area contributed by atoms with E-state index in [-0.39, 0.29) is 6.61 Å². The van der Waals surface area contributed by atoms with Crippen LogP contribution >= 0.6 is 39.1 Å². The molecule has 5 nitrogen and oxygen atoms in total. The molecule has 32 heavy (non-hydrogen) atoms. The molecular weight excluding hydrogens is 513 g/mol. The molecule has 0 radical (unpaired) electrons. The van der Waals surface area contributed by atoms with Crippen molar-refractivity contribution in [3.8, 4) is 17.6 Å². The number of nitriles is 1. The number of nitrogens with one attached hydrogen (secondary N) is 1. The van der Waals surface area contributed by atoms with E-state index >= 15 is 0 Å². The van der Waals surface area contributed by atoms with Crippen molar-refractivity contribution >= 4 is 45.3 Å². The fourth-order valence-corrected chi connectivity index (χ4v) is 4.02. The first kappa shape index (κ1) is 23.9. The highest BCUT2D eigenvalue weighted by Crippen LogP contribution is 2.37. The molecule has 0 unspecified atom stereocenters. The zero-order valence-corrected chi connectivity index (χ0v) is 20.3. The summed E-state index contributed by atoms with van der Waals surface area (Å²) in [5.74, 6) is 1.14. The van der Waals surface area contributed by atoms with Crippen molar-refractivity contribution in [1.29, 1.82) is 5.26 Å². The Balaban J connectivity index is 1.73. The van der Waals surface area contributed by atoms with Gasteiger partial charge < -0.3 is 14.9 Å². The molecule has 0 saturated heterocycles. The van der Waals surface area contributed by atoms with Gasteiger partial charge in [-0.15, -0.1) is 0 Å². The fraction of sp³-hybridized carbons (Fsp3) is 0.167. The Kier molecular flexibility index (Phi) is 8.81. The van der Waals surface area contributed by atoms with E-state index < -0.39 is 0 Å². The zero-order valence-electron chi connectivity index (χ0n) is 17.2. The summed E-state index contributed by atoms with van der Waals surface area (Å²) in [4.78, 5) is 0. The number of hydrazone groups is 1. The first-order valence-corrected chi connectivity index (χ1v) is 11.3. The number of halogens is 3. The maximum absolute atomic E-state index is 9.28. The van der Waals surface area contributed by atoms with Gasteiger partial charge in [-0.05, 0) is 58.7 Å². The van der Waals surface area contributed by atoms with Crippen molar-refractivity contribution in [2.45, 2.75) is 20.1 Å². The topological polar surface area (TPSA) is 66.6 Å². The standard InChI is InChI=1S/C24H20BrCl2N3O2/c1-2-31-23-11-16(13-29-30-14-19-21(26)8-5-9-22(19)27)10-20(25)24(23)32-15-18-7-4-3-6-17(18)12-28/h3-11,13,30H,2,14-15H2,1H3/b29-13+. The largest absolute Gasteiger partial charge is 0.490 e. The lowest BCUT2D eigenvalue weighted by Gasteiger charge is -2.15. The van der Waals surface area contributed by atoms with E-state index in [1.54, 1.807) is 30.5 Å². The third-order valence-corrected chi connectivity index (χ3v) is 5.76. The summed E-state index contributed by atoms with van der Waals surface area (Å²) in [6.07, 6.45) is 1.67. The lowest BCUT2D eigenvalue weighted by atomic mass is 10.1. The molecule has 3 aromatic rings. The van der Waals surface area contributed by atoms with Crippen LogP contribution in [0.4, 0.5) is 0 Å². The molecule has 0 bridgehead atoms. The highest BCUT2D eigenvalue weighted by atomic mass is 79.9. The first-order chi connectivity index (χ1) is 15.5. The highest BCUT2D eigenvalue weighted by Gasteiger charge is 2.13. The van der Waals surface area contributed by atoms with Crippen molar-refractivity contribution in [2.75, 3.05) is 6.61 Å². The molecule has 0 aliphatic heterocycles. The van der Waals surface area contributed by atoms with E-state index in [4.69, 9.17) is 32.7 Å². The quantitative estimate of drug-likeness (QED) is 0.245. The average Bonchev–Trinajstić information content (AvgIpc) is 2.78. The number of hydrogen-bond acceptors (Lipinski definition) is 5. The summed E-state index contributed by atoms with van der Waals surface area (Å²) in [5.41, 5.74) is 5.93. The van der Waals surface area contributed by atoms with Gasteiger partial charge in [0, 0.05) is 21.2 Å². The number of rotatable bonds is 9. The third-order valence-electron chi connectivity index (χ3n) is 4.46. The molecule has 0 aromatic heterocycles. The monoisotopic (exact) mass is 531 g/mol. The Labute approximate surface area is 205 Å². The van der Waals surface area contributed by atoms with Crippen molar-refractivity contribution in [1.82, 2.24) is 5.43 Å². The second-order valence-electron chi connectivity index (χ2n) is 6.61. The van der Waals surface area contributed by atoms with Crippen LogP contribution < -0.4 is 14.9 Å². The van der Waals surface area contributed by atoms with Gasteiger partial charge in [-0.1, -0.05) is 47.5 Å². The van der Waals surface area contributed by atoms with E-state index in [1.165, 1.54) is 0 Å². The van der Waals surface area contributed by atoms with E-state index in [1.807, 2.05) is 37.3 Å². The minimum Gasteiger partial charge on any atom is -0.490 e. The van der Waals surface area contributed by atoms with E-state index in [0.29, 0.717) is 44.7 Å². The lowest BCUT2D eigenvalue weighted by Crippen LogP contribution is -2.07. The molecule has 0 atom stereocenters. The number of benzene rings is 3. The molecule has 0 aliphatic rings. The summed E-state index contributed by atoms with van der Waals surface area (Å²) in [6.45, 7) is 3.02. The maximum Gasteiger partial charge on any atom is 0.175 e. The summed E-state index contributed by atoms with van der Waals surface area (Å²) < 4.78 is 12.5. The predicted octanol–water partition coefficient (Wildman–Crippen LogP) is 6.73. The van der Waals surface area contributed by atoms with Crippen molar-refractivity contribution in [3.63, 3.8) is 0 Å². The predicted molar refractivity (Wildman–Crippen MR) is 132 cm³/mol. The molecule has 8 heteroatoms. The van der Waals surface area contributed by atoms with Crippen LogP contribution in [0.1, 0.15) is 29.2 Å². The first-order valence-electron chi connectivity index (χ1n) is 9.79. The van der Waals surface area contributed by atoms with Gasteiger partial charge in [-0.2, -0.15) is 10.4 Å². The molecule has 0 aliphatic carbocycles. The third kappa shape index (κ3) is 6.17. The molecule has 0 saturated carbocycles. The summed E-state index contributed by atoms with van der Waals surface area (Å²) in [5, 5.41) is 14.7. The van der Waals surface area contributed by atoms with Crippen LogP contribution in [-0.4, -0.2) is 12.8 Å². The molecular formula is C24H20BrCl2N3O2. The summed E-state index contributed by atoms with van der Waals surface area (Å²) >= 11 is 15.9. The Bertz CT molecular complexity index is 1140. The fourth-order valence-electron chi connectivity index (χ4n) is 2.92. The van der Waals surface area contributed by atoms with Gasteiger partial charge in [-0.25, -0.2) is 0 Å². The van der Waals surface area contributed by atoms with Gasteiger partial charge in [-0.3, -0.25) is 0 Å². The average molecular weight is 533 g/mol. The van der Waals surface area contributed by atoms with Gasteiger partial charge in [0.15, 0.2) is 11.5 Å². The van der Waals surface area contributed by atoms with E-state index in [9.17, 15) is 5.26 Å². The van der Waals surface area contributed by atoms with Crippen LogP contribution in [0.15, 0.2) is 64.2 Å². The van der Waals surface area contributed by atoms with Gasteiger partial charge >= 0.3 is 0 Å². The van der Waals surface area contributed by atoms with Gasteiger partial charge in [0.1, 0.15) is 6.61 Å². The number of ether oxygens (including phenoxy) is 2. The molecule has 0 fully saturated rings. The van der Waals surface area contributed by atoms with Crippen molar-refractivity contribution in [2.24, 2.45) is 5.10 Å². The van der Waals surface area contributed by atoms with Crippen LogP contribution in [0.2, 0.25) is 10.0 Å². The Morgan fingerprint density at radius 1 is 1.09 bits per heavy atom. The van der Waals surface area contributed by atoms with E-state index in [0.717, 1.165) is 16.7 Å². The summed E-state index contributed by atoms with van der Waals surface area (Å²) in [7, 11) is 0. The lowest BCUT2D eigenvalue weighted by molar-refractivity contribution is 0.267. The van der Waals surface area contributed by atoms with Crippen LogP contribution in [0.5, 0.6) is 11.5 Å². The van der Waals surface area contributed by atoms with Gasteiger partial charge in [0.25, 0.3) is 0 Å². The molecule has 3 aromatic carbocycles. The second-order valence-corrected chi connectivity index (χ2v) is 8.28. The highest BCUT2D eigenvalue weighted by molar-refractivity contribution is 9.10. The second kappa shape index (κ2) is 11.8. The molecule has 1 N–H and O–H groups in total. The number of hydrogen-bond donors (Lipinski definition) is 1. The molecule has 0 heterocycles. The number of nitrogens with zero attached hydrogens (tertiary/aromatic N) is 2. The summed E-state index contributed by atoms with van der Waals surface area (Å²) in [6, 6.07) is 18.6. The molecule has 0 spiro atoms. The van der Waals surface area contributed by atoms with Gasteiger partial charge in [0.05, 0.1) is 35.5 Å². The van der Waals surface area contributed by atoms with Crippen LogP contribution in [0.25, 0.3) is 0 Å². The SMILES string of the molecule is CCOc1cc(/C=N/NCc2c(Cl)cccc2Cl)cc(Br)c1OCc1ccccc1C#N. The minimum absolute atomic E-state index is 0.246. The minimum atomic E-state index is 0.246. The van der Waals surface area contributed by atoms with Crippen LogP contribution in [0, 0.1) is 11.3 Å². The van der Waals surface area contributed by atoms with Crippen LogP contribution in [0.3, 0.4) is 0 Å². The molecule has 164 valence electrons. The smallest absolute Gasteiger partial charge is 0.175 e. The molecule has 0 amide bonds. The van der Waals surface area contributed by atoms with Crippen molar-refractivity contribution < 1.29 is 9.47 Å². The molecule has 3 rings (SSSR count).